The summed E-state index contributed by atoms with van der Waals surface area (Å²) in [7, 11) is 0. The molecule has 1 fully saturated rings. The molecule has 1 heterocycles. The number of hydrogen-bond acceptors (Lipinski definition) is 10. The first kappa shape index (κ1) is 34.0. The zero-order valence-corrected chi connectivity index (χ0v) is 25.9. The van der Waals surface area contributed by atoms with Gasteiger partial charge in [-0.05, 0) is 13.3 Å². The molecule has 1 saturated heterocycles. The summed E-state index contributed by atoms with van der Waals surface area (Å²) in [6.45, 7) is 3.76. The number of aliphatic hydroxyl groups is 2. The van der Waals surface area contributed by atoms with Crippen molar-refractivity contribution in [2.24, 2.45) is 5.73 Å². The van der Waals surface area contributed by atoms with E-state index < -0.39 is 65.1 Å². The molecule has 10 nitrogen and oxygen atoms in total. The molecule has 3 aliphatic rings. The Balaban J connectivity index is 0.00000442. The van der Waals surface area contributed by atoms with Crippen molar-refractivity contribution in [2.75, 3.05) is 0 Å². The van der Waals surface area contributed by atoms with Gasteiger partial charge in [0.2, 0.25) is 0 Å². The number of benzene rings is 2. The summed E-state index contributed by atoms with van der Waals surface area (Å²) in [5.41, 5.74) is 3.59. The van der Waals surface area contributed by atoms with Gasteiger partial charge in [-0.2, -0.15) is 0 Å². The second kappa shape index (κ2) is 13.6. The van der Waals surface area contributed by atoms with Gasteiger partial charge in [0.1, 0.15) is 17.1 Å². The summed E-state index contributed by atoms with van der Waals surface area (Å²) in [4.78, 5) is 40.6. The molecule has 6 atom stereocenters. The van der Waals surface area contributed by atoms with Crippen LogP contribution in [0.1, 0.15) is 121 Å². The van der Waals surface area contributed by atoms with Crippen LogP contribution in [0.15, 0.2) is 24.3 Å². The average molecular weight is 632 g/mol. The van der Waals surface area contributed by atoms with Crippen LogP contribution in [-0.2, 0) is 20.7 Å². The number of carbonyl (C=O) groups is 3. The van der Waals surface area contributed by atoms with Crippen LogP contribution in [0.5, 0.6) is 11.5 Å². The highest BCUT2D eigenvalue weighted by Crippen LogP contribution is 2.52. The van der Waals surface area contributed by atoms with Gasteiger partial charge in [-0.3, -0.25) is 14.4 Å². The van der Waals surface area contributed by atoms with Gasteiger partial charge in [0.15, 0.2) is 23.6 Å². The molecular weight excluding hydrogens is 590 g/mol. The van der Waals surface area contributed by atoms with E-state index in [0.717, 1.165) is 32.1 Å². The number of Topliss-reactive ketones (excluding diaryl/α,β-unsaturated/α-hetero) is 1. The molecule has 6 N–H and O–H groups in total. The minimum absolute atomic E-state index is 0. The third kappa shape index (κ3) is 6.16. The predicted molar refractivity (Wildman–Crippen MR) is 163 cm³/mol. The van der Waals surface area contributed by atoms with E-state index in [2.05, 4.69) is 6.92 Å². The number of aromatic hydroxyl groups is 2. The number of phenolic OH excluding ortho intramolecular Hbond substituents is 2. The number of fused-ring (bicyclic) bond motifs is 3. The second-order valence-electron chi connectivity index (χ2n) is 12.2. The largest absolute Gasteiger partial charge is 0.507 e. The molecule has 240 valence electrons. The Morgan fingerprint density at radius 2 is 1.61 bits per heavy atom. The molecule has 5 rings (SSSR count). The highest BCUT2D eigenvalue weighted by Gasteiger charge is 2.49. The van der Waals surface area contributed by atoms with Crippen molar-refractivity contribution in [1.29, 1.82) is 0 Å². The van der Waals surface area contributed by atoms with Gasteiger partial charge in [0.25, 0.3) is 0 Å². The van der Waals surface area contributed by atoms with Crippen LogP contribution in [-0.4, -0.2) is 67.9 Å². The van der Waals surface area contributed by atoms with E-state index in [0.29, 0.717) is 6.42 Å². The number of rotatable bonds is 10. The zero-order chi connectivity index (χ0) is 31.1. The number of phenols is 2. The second-order valence-corrected chi connectivity index (χ2v) is 12.2. The highest BCUT2D eigenvalue weighted by molar-refractivity contribution is 6.30. The third-order valence-corrected chi connectivity index (χ3v) is 9.12. The molecule has 0 bridgehead atoms. The summed E-state index contributed by atoms with van der Waals surface area (Å²) >= 11 is 0. The molecule has 0 spiro atoms. The molecule has 11 heteroatoms. The Bertz CT molecular complexity index is 1420. The summed E-state index contributed by atoms with van der Waals surface area (Å²) in [5, 5.41) is 45.1. The third-order valence-electron chi connectivity index (χ3n) is 9.12. The van der Waals surface area contributed by atoms with Gasteiger partial charge in [-0.1, -0.05) is 63.3 Å². The topological polar surface area (TPSA) is 177 Å². The first-order valence-electron chi connectivity index (χ1n) is 15.3. The highest BCUT2D eigenvalue weighted by atomic mass is 35.5. The lowest BCUT2D eigenvalue weighted by Crippen LogP contribution is -2.52. The van der Waals surface area contributed by atoms with Crippen molar-refractivity contribution in [3.8, 4) is 11.5 Å². The number of halogens is 1. The fourth-order valence-electron chi connectivity index (χ4n) is 6.67. The van der Waals surface area contributed by atoms with E-state index in [9.17, 15) is 34.8 Å². The molecule has 0 aromatic heterocycles. The average Bonchev–Trinajstić information content (AvgIpc) is 2.97. The van der Waals surface area contributed by atoms with E-state index in [4.69, 9.17) is 15.2 Å². The van der Waals surface area contributed by atoms with Gasteiger partial charge in [-0.25, -0.2) is 0 Å². The minimum atomic E-state index is -1.97. The normalized spacial score (nSPS) is 27.6. The predicted octanol–water partition coefficient (Wildman–Crippen LogP) is 4.17. The van der Waals surface area contributed by atoms with E-state index in [1.54, 1.807) is 19.1 Å². The maximum atomic E-state index is 13.5. The SMILES string of the molecule is CCCCCCCCC(=O)[C@]1(O)Cc2c(O)c3c(c(O)c2[C@@H](O[C@H]2C[C@H](N)[C@H](O)[C@H](C)O2)C1)C(=O)c1ccccc1C3=O.Cl. The smallest absolute Gasteiger partial charge is 0.198 e. The molecule has 0 unspecified atom stereocenters. The number of carbonyl (C=O) groups excluding carboxylic acids is 3. The van der Waals surface area contributed by atoms with E-state index >= 15 is 0 Å². The van der Waals surface area contributed by atoms with Crippen LogP contribution in [0.25, 0.3) is 0 Å². The van der Waals surface area contributed by atoms with Crippen molar-refractivity contribution in [3.05, 3.63) is 57.6 Å². The van der Waals surface area contributed by atoms with Gasteiger partial charge >= 0.3 is 0 Å². The number of aliphatic hydroxyl groups excluding tert-OH is 1. The summed E-state index contributed by atoms with van der Waals surface area (Å²) in [5.74, 6) is -2.82. The minimum Gasteiger partial charge on any atom is -0.507 e. The fraction of sp³-hybridized carbons (Fsp3) is 0.545. The van der Waals surface area contributed by atoms with Gasteiger partial charge in [0.05, 0.1) is 29.4 Å². The standard InChI is InChI=1S/C33H41NO9.ClH/c1-3-4-5-6-7-8-13-23(35)33(41)15-20-25(22(16-33)43-24-14-21(34)28(36)17(2)42-24)32(40)27-26(31(20)39)29(37)18-11-9-10-12-19(18)30(27)38;/h9-12,17,21-22,24,28,36,39-41H,3-8,13-16,34H2,1-2H3;1H/t17-,21-,22-,24-,28+,33-;/m0./s1. The molecular formula is C33H42ClNO9. The molecule has 2 aromatic rings. The molecule has 2 aliphatic carbocycles. The quantitative estimate of drug-likeness (QED) is 0.161. The first-order chi connectivity index (χ1) is 20.5. The number of nitrogens with two attached hydrogens (primary N) is 1. The molecule has 1 aliphatic heterocycles. The monoisotopic (exact) mass is 631 g/mol. The van der Waals surface area contributed by atoms with Gasteiger partial charge in [0, 0.05) is 54.0 Å². The number of ketones is 3. The Labute approximate surface area is 263 Å². The lowest BCUT2D eigenvalue weighted by Gasteiger charge is -2.42. The molecule has 0 radical (unpaired) electrons. The van der Waals surface area contributed by atoms with Crippen LogP contribution >= 0.6 is 12.4 Å². The fourth-order valence-corrected chi connectivity index (χ4v) is 6.67. The Hall–Kier alpha value is -2.86. The molecule has 0 saturated carbocycles. The van der Waals surface area contributed by atoms with E-state index in [-0.39, 0.29) is 71.5 Å². The lowest BCUT2D eigenvalue weighted by atomic mass is 9.71. The van der Waals surface area contributed by atoms with Crippen molar-refractivity contribution in [2.45, 2.75) is 114 Å². The van der Waals surface area contributed by atoms with Crippen LogP contribution in [0.3, 0.4) is 0 Å². The van der Waals surface area contributed by atoms with Crippen molar-refractivity contribution in [1.82, 2.24) is 0 Å². The Kier molecular flexibility index (Phi) is 10.5. The molecule has 44 heavy (non-hydrogen) atoms. The Morgan fingerprint density at radius 1 is 1.02 bits per heavy atom. The van der Waals surface area contributed by atoms with Crippen molar-refractivity contribution < 1.29 is 44.3 Å². The molecule has 2 aromatic carbocycles. The summed E-state index contributed by atoms with van der Waals surface area (Å²) in [6, 6.07) is 5.48. The van der Waals surface area contributed by atoms with Crippen molar-refractivity contribution >= 4 is 29.8 Å². The number of ether oxygens (including phenoxy) is 2. The van der Waals surface area contributed by atoms with Crippen LogP contribution in [0, 0.1) is 0 Å². The van der Waals surface area contributed by atoms with Crippen molar-refractivity contribution in [3.63, 3.8) is 0 Å². The van der Waals surface area contributed by atoms with Crippen LogP contribution in [0.2, 0.25) is 0 Å². The summed E-state index contributed by atoms with van der Waals surface area (Å²) in [6.07, 6.45) is 1.49. The number of unbranched alkanes of at least 4 members (excludes halogenated alkanes) is 5. The van der Waals surface area contributed by atoms with Gasteiger partial charge < -0.3 is 35.6 Å². The van der Waals surface area contributed by atoms with Gasteiger partial charge in [-0.15, -0.1) is 12.4 Å². The summed E-state index contributed by atoms with van der Waals surface area (Å²) < 4.78 is 12.0. The van der Waals surface area contributed by atoms with Crippen LogP contribution < -0.4 is 5.73 Å². The molecule has 0 amide bonds. The maximum absolute atomic E-state index is 13.5. The van der Waals surface area contributed by atoms with Crippen LogP contribution in [0.4, 0.5) is 0 Å². The lowest BCUT2D eigenvalue weighted by molar-refractivity contribution is -0.247. The van der Waals surface area contributed by atoms with E-state index in [1.807, 2.05) is 0 Å². The maximum Gasteiger partial charge on any atom is 0.198 e. The zero-order valence-electron chi connectivity index (χ0n) is 25.1. The van der Waals surface area contributed by atoms with E-state index in [1.165, 1.54) is 12.1 Å². The number of hydrogen-bond donors (Lipinski definition) is 5. The Morgan fingerprint density at radius 3 is 2.23 bits per heavy atom. The first-order valence-corrected chi connectivity index (χ1v) is 15.3.